The van der Waals surface area contributed by atoms with Crippen molar-refractivity contribution in [3.63, 3.8) is 0 Å². The lowest BCUT2D eigenvalue weighted by Crippen LogP contribution is -2.30. The van der Waals surface area contributed by atoms with E-state index in [0.29, 0.717) is 23.9 Å². The zero-order chi connectivity index (χ0) is 13.9. The van der Waals surface area contributed by atoms with Crippen molar-refractivity contribution >= 4 is 10.0 Å². The number of benzene rings is 1. The number of nitrogens with two attached hydrogens (primary N) is 1. The molecule has 0 fully saturated rings. The molecule has 0 spiro atoms. The Bertz CT molecular complexity index is 510. The third kappa shape index (κ3) is 3.31. The van der Waals surface area contributed by atoms with Crippen molar-refractivity contribution in [2.45, 2.75) is 32.2 Å². The zero-order valence-corrected chi connectivity index (χ0v) is 12.3. The molecule has 0 bridgehead atoms. The maximum absolute atomic E-state index is 12.4. The Morgan fingerprint density at radius 2 is 1.94 bits per heavy atom. The SMILES string of the molecule is Cc1cc(CN)ccc1S(=O)(=O)N(C)CC(C)C. The highest BCUT2D eigenvalue weighted by Gasteiger charge is 2.23. The molecule has 0 heterocycles. The van der Waals surface area contributed by atoms with Crippen LogP contribution >= 0.6 is 0 Å². The number of nitrogens with zero attached hydrogens (tertiary/aromatic N) is 1. The molecule has 0 atom stereocenters. The molecule has 0 aliphatic heterocycles. The Hall–Kier alpha value is -0.910. The molecule has 0 saturated carbocycles. The second kappa shape index (κ2) is 5.82. The largest absolute Gasteiger partial charge is 0.326 e. The van der Waals surface area contributed by atoms with Crippen LogP contribution in [0.15, 0.2) is 23.1 Å². The molecule has 0 saturated heterocycles. The van der Waals surface area contributed by atoms with E-state index in [-0.39, 0.29) is 0 Å². The molecule has 1 aromatic rings. The number of hydrogen-bond donors (Lipinski definition) is 1. The van der Waals surface area contributed by atoms with E-state index in [1.54, 1.807) is 26.1 Å². The first-order valence-electron chi connectivity index (χ1n) is 6.05. The molecule has 2 N–H and O–H groups in total. The van der Waals surface area contributed by atoms with Gasteiger partial charge in [0.15, 0.2) is 0 Å². The molecule has 0 aliphatic carbocycles. The fraction of sp³-hybridized carbons (Fsp3) is 0.538. The second-order valence-corrected chi connectivity index (χ2v) is 7.00. The van der Waals surface area contributed by atoms with Gasteiger partial charge in [0.05, 0.1) is 4.90 Å². The van der Waals surface area contributed by atoms with Crippen LogP contribution < -0.4 is 5.73 Å². The van der Waals surface area contributed by atoms with Crippen molar-refractivity contribution in [2.24, 2.45) is 11.7 Å². The van der Waals surface area contributed by atoms with Gasteiger partial charge in [-0.25, -0.2) is 12.7 Å². The lowest BCUT2D eigenvalue weighted by molar-refractivity contribution is 0.417. The van der Waals surface area contributed by atoms with Crippen molar-refractivity contribution in [3.8, 4) is 0 Å². The van der Waals surface area contributed by atoms with E-state index < -0.39 is 10.0 Å². The van der Waals surface area contributed by atoms with E-state index in [1.165, 1.54) is 4.31 Å². The molecule has 102 valence electrons. The topological polar surface area (TPSA) is 63.4 Å². The van der Waals surface area contributed by atoms with E-state index in [0.717, 1.165) is 11.1 Å². The van der Waals surface area contributed by atoms with E-state index >= 15 is 0 Å². The van der Waals surface area contributed by atoms with Crippen LogP contribution in [0.2, 0.25) is 0 Å². The molecular formula is C13H22N2O2S. The lowest BCUT2D eigenvalue weighted by atomic mass is 10.1. The van der Waals surface area contributed by atoms with Gasteiger partial charge >= 0.3 is 0 Å². The average Bonchev–Trinajstić information content (AvgIpc) is 2.27. The van der Waals surface area contributed by atoms with Gasteiger partial charge in [-0.15, -0.1) is 0 Å². The standard InChI is InChI=1S/C13H22N2O2S/c1-10(2)9-15(4)18(16,17)13-6-5-12(8-14)7-11(13)3/h5-7,10H,8-9,14H2,1-4H3. The molecule has 1 rings (SSSR count). The van der Waals surface area contributed by atoms with Crippen molar-refractivity contribution in [1.82, 2.24) is 4.31 Å². The predicted molar refractivity (Wildman–Crippen MR) is 73.7 cm³/mol. The Labute approximate surface area is 110 Å². The van der Waals surface area contributed by atoms with Crippen molar-refractivity contribution < 1.29 is 8.42 Å². The Morgan fingerprint density at radius 3 is 2.39 bits per heavy atom. The van der Waals surface area contributed by atoms with Crippen LogP contribution in [0.3, 0.4) is 0 Å². The molecule has 0 aliphatic rings. The van der Waals surface area contributed by atoms with Gasteiger partial charge in [0.2, 0.25) is 10.0 Å². The van der Waals surface area contributed by atoms with Crippen molar-refractivity contribution in [2.75, 3.05) is 13.6 Å². The molecule has 1 aromatic carbocycles. The summed E-state index contributed by atoms with van der Waals surface area (Å²) in [5, 5.41) is 0. The predicted octanol–water partition coefficient (Wildman–Crippen LogP) is 1.73. The van der Waals surface area contributed by atoms with Gasteiger partial charge in [-0.2, -0.15) is 0 Å². The van der Waals surface area contributed by atoms with Crippen molar-refractivity contribution in [3.05, 3.63) is 29.3 Å². The summed E-state index contributed by atoms with van der Waals surface area (Å²) in [5.74, 6) is 0.299. The molecule has 18 heavy (non-hydrogen) atoms. The summed E-state index contributed by atoms with van der Waals surface area (Å²) in [4.78, 5) is 0.364. The van der Waals surface area contributed by atoms with Gasteiger partial charge in [-0.1, -0.05) is 26.0 Å². The maximum Gasteiger partial charge on any atom is 0.243 e. The highest BCUT2D eigenvalue weighted by Crippen LogP contribution is 2.20. The molecule has 0 unspecified atom stereocenters. The molecule has 0 radical (unpaired) electrons. The highest BCUT2D eigenvalue weighted by molar-refractivity contribution is 7.89. The van der Waals surface area contributed by atoms with Gasteiger partial charge in [0.1, 0.15) is 0 Å². The van der Waals surface area contributed by atoms with Gasteiger partial charge < -0.3 is 5.73 Å². The third-order valence-electron chi connectivity index (χ3n) is 2.79. The van der Waals surface area contributed by atoms with Gasteiger partial charge in [-0.3, -0.25) is 0 Å². The summed E-state index contributed by atoms with van der Waals surface area (Å²) in [6.07, 6.45) is 0. The fourth-order valence-electron chi connectivity index (χ4n) is 1.91. The second-order valence-electron chi connectivity index (χ2n) is 4.98. The number of aryl methyl sites for hydroxylation is 1. The Balaban J connectivity index is 3.12. The Morgan fingerprint density at radius 1 is 1.33 bits per heavy atom. The number of sulfonamides is 1. The highest BCUT2D eigenvalue weighted by atomic mass is 32.2. The maximum atomic E-state index is 12.4. The summed E-state index contributed by atoms with van der Waals surface area (Å²) in [6, 6.07) is 5.24. The quantitative estimate of drug-likeness (QED) is 0.886. The van der Waals surface area contributed by atoms with Gasteiger partial charge in [0.25, 0.3) is 0 Å². The van der Waals surface area contributed by atoms with Crippen LogP contribution in [-0.2, 0) is 16.6 Å². The molecule has 0 amide bonds. The minimum Gasteiger partial charge on any atom is -0.326 e. The van der Waals surface area contributed by atoms with E-state index in [9.17, 15) is 8.42 Å². The average molecular weight is 270 g/mol. The van der Waals surface area contributed by atoms with Crippen LogP contribution in [0.1, 0.15) is 25.0 Å². The minimum absolute atomic E-state index is 0.299. The Kier molecular flexibility index (Phi) is 4.90. The first-order chi connectivity index (χ1) is 8.28. The first-order valence-corrected chi connectivity index (χ1v) is 7.49. The van der Waals surface area contributed by atoms with E-state index in [1.807, 2.05) is 19.9 Å². The minimum atomic E-state index is -3.40. The van der Waals surface area contributed by atoms with Gasteiger partial charge in [-0.05, 0) is 30.0 Å². The first kappa shape index (κ1) is 15.1. The monoisotopic (exact) mass is 270 g/mol. The molecule has 4 nitrogen and oxygen atoms in total. The van der Waals surface area contributed by atoms with Crippen LogP contribution in [0.4, 0.5) is 0 Å². The van der Waals surface area contributed by atoms with Crippen LogP contribution in [0.25, 0.3) is 0 Å². The summed E-state index contributed by atoms with van der Waals surface area (Å²) in [6.45, 7) is 6.73. The fourth-order valence-corrected chi connectivity index (χ4v) is 3.44. The molecule has 5 heteroatoms. The van der Waals surface area contributed by atoms with Gasteiger partial charge in [0, 0.05) is 20.1 Å². The smallest absolute Gasteiger partial charge is 0.243 e. The molecule has 0 aromatic heterocycles. The zero-order valence-electron chi connectivity index (χ0n) is 11.5. The van der Waals surface area contributed by atoms with Crippen molar-refractivity contribution in [1.29, 1.82) is 0 Å². The van der Waals surface area contributed by atoms with Crippen LogP contribution in [-0.4, -0.2) is 26.3 Å². The molecular weight excluding hydrogens is 248 g/mol. The number of rotatable bonds is 5. The summed E-state index contributed by atoms with van der Waals surface area (Å²) >= 11 is 0. The summed E-state index contributed by atoms with van der Waals surface area (Å²) in [5.41, 5.74) is 7.23. The normalized spacial score (nSPS) is 12.4. The van der Waals surface area contributed by atoms with E-state index in [2.05, 4.69) is 0 Å². The summed E-state index contributed by atoms with van der Waals surface area (Å²) in [7, 11) is -1.78. The summed E-state index contributed by atoms with van der Waals surface area (Å²) < 4.78 is 26.2. The van der Waals surface area contributed by atoms with Crippen LogP contribution in [0.5, 0.6) is 0 Å². The lowest BCUT2D eigenvalue weighted by Gasteiger charge is -2.20. The third-order valence-corrected chi connectivity index (χ3v) is 4.77. The van der Waals surface area contributed by atoms with E-state index in [4.69, 9.17) is 5.73 Å². The number of hydrogen-bond acceptors (Lipinski definition) is 3. The van der Waals surface area contributed by atoms with Crippen LogP contribution in [0, 0.1) is 12.8 Å².